The number of ether oxygens (including phenoxy) is 1. The first kappa shape index (κ1) is 17.5. The molecule has 0 bridgehead atoms. The summed E-state index contributed by atoms with van der Waals surface area (Å²) in [4.78, 5) is 0.284. The van der Waals surface area contributed by atoms with Crippen LogP contribution in [0.2, 0.25) is 0 Å². The molecule has 0 N–H and O–H groups in total. The van der Waals surface area contributed by atoms with E-state index in [1.165, 1.54) is 4.31 Å². The van der Waals surface area contributed by atoms with Crippen LogP contribution in [0.15, 0.2) is 59.5 Å². The summed E-state index contributed by atoms with van der Waals surface area (Å²) >= 11 is 0. The van der Waals surface area contributed by atoms with Crippen molar-refractivity contribution in [3.8, 4) is 5.75 Å². The summed E-state index contributed by atoms with van der Waals surface area (Å²) in [6.07, 6.45) is 0.0580. The van der Waals surface area contributed by atoms with Crippen LogP contribution in [0.25, 0.3) is 0 Å². The maximum atomic E-state index is 12.8. The van der Waals surface area contributed by atoms with Crippen LogP contribution in [0.3, 0.4) is 0 Å². The molecular weight excluding hydrogens is 310 g/mol. The summed E-state index contributed by atoms with van der Waals surface area (Å²) < 4.78 is 32.6. The fourth-order valence-corrected chi connectivity index (χ4v) is 3.70. The maximum Gasteiger partial charge on any atom is 0.243 e. The topological polar surface area (TPSA) is 46.6 Å². The summed E-state index contributed by atoms with van der Waals surface area (Å²) in [6.45, 7) is 6.49. The number of benzene rings is 2. The number of rotatable bonds is 7. The third kappa shape index (κ3) is 4.56. The van der Waals surface area contributed by atoms with Gasteiger partial charge in [0.05, 0.1) is 11.0 Å². The first-order valence-corrected chi connectivity index (χ1v) is 9.18. The monoisotopic (exact) mass is 333 g/mol. The molecule has 0 aliphatic carbocycles. The van der Waals surface area contributed by atoms with E-state index in [1.807, 2.05) is 51.1 Å². The van der Waals surface area contributed by atoms with Gasteiger partial charge in [-0.15, -0.1) is 0 Å². The molecular formula is C18H23NO3S. The van der Waals surface area contributed by atoms with E-state index in [0.29, 0.717) is 18.8 Å². The molecule has 0 fully saturated rings. The van der Waals surface area contributed by atoms with Crippen LogP contribution in [0.4, 0.5) is 0 Å². The summed E-state index contributed by atoms with van der Waals surface area (Å²) in [5.41, 5.74) is 0.970. The SMILES string of the molecule is CCN(Cc1ccccc1)S(=O)(=O)c1ccc(OC(C)C)cc1. The second kappa shape index (κ2) is 7.62. The molecule has 0 atom stereocenters. The lowest BCUT2D eigenvalue weighted by molar-refractivity contribution is 0.242. The molecule has 2 rings (SSSR count). The zero-order valence-corrected chi connectivity index (χ0v) is 14.6. The molecule has 0 aliphatic rings. The highest BCUT2D eigenvalue weighted by Crippen LogP contribution is 2.21. The second-order valence-electron chi connectivity index (χ2n) is 5.55. The highest BCUT2D eigenvalue weighted by molar-refractivity contribution is 7.89. The van der Waals surface area contributed by atoms with Crippen LogP contribution in [0.1, 0.15) is 26.3 Å². The molecule has 0 saturated heterocycles. The molecule has 0 spiro atoms. The lowest BCUT2D eigenvalue weighted by Crippen LogP contribution is -2.30. The molecule has 0 amide bonds. The molecule has 2 aromatic carbocycles. The average molecular weight is 333 g/mol. The van der Waals surface area contributed by atoms with Crippen molar-refractivity contribution in [3.05, 3.63) is 60.2 Å². The second-order valence-corrected chi connectivity index (χ2v) is 7.49. The molecule has 124 valence electrons. The minimum atomic E-state index is -3.52. The molecule has 0 radical (unpaired) electrons. The molecule has 0 unspecified atom stereocenters. The van der Waals surface area contributed by atoms with E-state index in [0.717, 1.165) is 5.56 Å². The summed E-state index contributed by atoms with van der Waals surface area (Å²) in [7, 11) is -3.52. The number of nitrogens with zero attached hydrogens (tertiary/aromatic N) is 1. The fraction of sp³-hybridized carbons (Fsp3) is 0.333. The Kier molecular flexibility index (Phi) is 5.80. The van der Waals surface area contributed by atoms with Crippen LogP contribution in [0, 0.1) is 0 Å². The normalized spacial score (nSPS) is 11.9. The van der Waals surface area contributed by atoms with Gasteiger partial charge in [-0.3, -0.25) is 0 Å². The molecule has 23 heavy (non-hydrogen) atoms. The zero-order chi connectivity index (χ0) is 16.9. The van der Waals surface area contributed by atoms with Gasteiger partial charge in [0.1, 0.15) is 5.75 Å². The zero-order valence-electron chi connectivity index (χ0n) is 13.8. The van der Waals surface area contributed by atoms with Crippen molar-refractivity contribution in [1.82, 2.24) is 4.31 Å². The smallest absolute Gasteiger partial charge is 0.243 e. The summed E-state index contributed by atoms with van der Waals surface area (Å²) in [5.74, 6) is 0.671. The summed E-state index contributed by atoms with van der Waals surface area (Å²) in [6, 6.07) is 16.2. The minimum absolute atomic E-state index is 0.0580. The van der Waals surface area contributed by atoms with Gasteiger partial charge < -0.3 is 4.74 Å². The number of hydrogen-bond donors (Lipinski definition) is 0. The Morgan fingerprint density at radius 2 is 1.61 bits per heavy atom. The molecule has 2 aromatic rings. The third-order valence-electron chi connectivity index (χ3n) is 3.39. The Morgan fingerprint density at radius 3 is 2.13 bits per heavy atom. The van der Waals surface area contributed by atoms with Gasteiger partial charge in [0, 0.05) is 13.1 Å². The highest BCUT2D eigenvalue weighted by Gasteiger charge is 2.23. The Labute approximate surface area is 138 Å². The maximum absolute atomic E-state index is 12.8. The minimum Gasteiger partial charge on any atom is -0.491 e. The Balaban J connectivity index is 2.21. The molecule has 0 aliphatic heterocycles. The molecule has 0 heterocycles. The van der Waals surface area contributed by atoms with Crippen molar-refractivity contribution in [1.29, 1.82) is 0 Å². The molecule has 0 aromatic heterocycles. The van der Waals surface area contributed by atoms with Gasteiger partial charge in [-0.2, -0.15) is 4.31 Å². The van der Waals surface area contributed by atoms with Crippen molar-refractivity contribution in [2.24, 2.45) is 0 Å². The number of hydrogen-bond acceptors (Lipinski definition) is 3. The average Bonchev–Trinajstić information content (AvgIpc) is 2.53. The van der Waals surface area contributed by atoms with Crippen molar-refractivity contribution in [2.45, 2.75) is 38.3 Å². The van der Waals surface area contributed by atoms with Crippen LogP contribution in [0.5, 0.6) is 5.75 Å². The highest BCUT2D eigenvalue weighted by atomic mass is 32.2. The van der Waals surface area contributed by atoms with Crippen LogP contribution < -0.4 is 4.74 Å². The van der Waals surface area contributed by atoms with Gasteiger partial charge in [-0.1, -0.05) is 37.3 Å². The lowest BCUT2D eigenvalue weighted by atomic mass is 10.2. The van der Waals surface area contributed by atoms with Crippen LogP contribution >= 0.6 is 0 Å². The van der Waals surface area contributed by atoms with E-state index in [2.05, 4.69) is 0 Å². The fourth-order valence-electron chi connectivity index (χ4n) is 2.27. The van der Waals surface area contributed by atoms with Crippen LogP contribution in [-0.2, 0) is 16.6 Å². The van der Waals surface area contributed by atoms with Gasteiger partial charge >= 0.3 is 0 Å². The van der Waals surface area contributed by atoms with Gasteiger partial charge in [-0.05, 0) is 43.7 Å². The van der Waals surface area contributed by atoms with Crippen molar-refractivity contribution < 1.29 is 13.2 Å². The van der Waals surface area contributed by atoms with E-state index >= 15 is 0 Å². The quantitative estimate of drug-likeness (QED) is 0.776. The van der Waals surface area contributed by atoms with Crippen molar-refractivity contribution in [3.63, 3.8) is 0 Å². The van der Waals surface area contributed by atoms with E-state index in [-0.39, 0.29) is 11.0 Å². The first-order chi connectivity index (χ1) is 10.9. The van der Waals surface area contributed by atoms with Gasteiger partial charge in [0.25, 0.3) is 0 Å². The lowest BCUT2D eigenvalue weighted by Gasteiger charge is -2.21. The predicted molar refractivity (Wildman–Crippen MR) is 91.9 cm³/mol. The van der Waals surface area contributed by atoms with E-state index in [1.54, 1.807) is 24.3 Å². The molecule has 5 heteroatoms. The van der Waals surface area contributed by atoms with Gasteiger partial charge in [0.15, 0.2) is 0 Å². The van der Waals surface area contributed by atoms with Gasteiger partial charge in [0.2, 0.25) is 10.0 Å². The Bertz CT molecular complexity index is 710. The van der Waals surface area contributed by atoms with E-state index in [9.17, 15) is 8.42 Å². The largest absolute Gasteiger partial charge is 0.491 e. The Morgan fingerprint density at radius 1 is 1.00 bits per heavy atom. The summed E-state index contributed by atoms with van der Waals surface area (Å²) in [5, 5.41) is 0. The first-order valence-electron chi connectivity index (χ1n) is 7.74. The van der Waals surface area contributed by atoms with E-state index < -0.39 is 10.0 Å². The predicted octanol–water partition coefficient (Wildman–Crippen LogP) is 3.68. The van der Waals surface area contributed by atoms with Crippen LogP contribution in [-0.4, -0.2) is 25.4 Å². The van der Waals surface area contributed by atoms with Crippen molar-refractivity contribution in [2.75, 3.05) is 6.54 Å². The van der Waals surface area contributed by atoms with Gasteiger partial charge in [-0.25, -0.2) is 8.42 Å². The van der Waals surface area contributed by atoms with Crippen molar-refractivity contribution >= 4 is 10.0 Å². The van der Waals surface area contributed by atoms with E-state index in [4.69, 9.17) is 4.74 Å². The molecule has 0 saturated carbocycles. The Hall–Kier alpha value is -1.85. The standard InChI is InChI=1S/C18H23NO3S/c1-4-19(14-16-8-6-5-7-9-16)23(20,21)18-12-10-17(11-13-18)22-15(2)3/h5-13,15H,4,14H2,1-3H3. The third-order valence-corrected chi connectivity index (χ3v) is 5.32. The molecule has 4 nitrogen and oxygen atoms in total. The number of sulfonamides is 1.